The monoisotopic (exact) mass is 627 g/mol. The quantitative estimate of drug-likeness (QED) is 0.193. The molecule has 8 aromatic rings. The largest absolute Gasteiger partial charge is 0.402 e. The Bertz CT molecular complexity index is 2440. The smallest absolute Gasteiger partial charge is 0.124 e. The fourth-order valence-electron chi connectivity index (χ4n) is 7.75. The number of benzene rings is 8. The Morgan fingerprint density at radius 1 is 0.388 bits per heavy atom. The van der Waals surface area contributed by atoms with Crippen molar-refractivity contribution in [1.29, 1.82) is 0 Å². The Morgan fingerprint density at radius 2 is 0.857 bits per heavy atom. The van der Waals surface area contributed by atoms with Gasteiger partial charge in [-0.15, -0.1) is 0 Å². The Morgan fingerprint density at radius 3 is 1.43 bits per heavy atom. The van der Waals surface area contributed by atoms with Crippen LogP contribution in [0.25, 0.3) is 77.2 Å². The second-order valence-electron chi connectivity index (χ2n) is 12.5. The lowest BCUT2D eigenvalue weighted by molar-refractivity contribution is 1.11. The van der Waals surface area contributed by atoms with Gasteiger partial charge in [0, 0.05) is 17.6 Å². The van der Waals surface area contributed by atoms with Crippen molar-refractivity contribution in [3.8, 4) is 55.6 Å². The van der Waals surface area contributed by atoms with Crippen LogP contribution in [-0.4, -0.2) is 0 Å². The molecule has 232 valence electrons. The summed E-state index contributed by atoms with van der Waals surface area (Å²) in [5.41, 5.74) is 26.7. The Hall–Kier alpha value is -6.58. The molecule has 8 aromatic carbocycles. The average Bonchev–Trinajstić information content (AvgIpc) is 3.50. The van der Waals surface area contributed by atoms with E-state index >= 15 is 0 Å². The van der Waals surface area contributed by atoms with Gasteiger partial charge in [-0.2, -0.15) is 0 Å². The van der Waals surface area contributed by atoms with E-state index in [2.05, 4.69) is 140 Å². The number of hydrogen-bond acceptors (Lipinski definition) is 3. The summed E-state index contributed by atoms with van der Waals surface area (Å²) < 4.78 is 0. The molecule has 3 nitrogen and oxygen atoms in total. The van der Waals surface area contributed by atoms with Gasteiger partial charge >= 0.3 is 0 Å². The van der Waals surface area contributed by atoms with Gasteiger partial charge < -0.3 is 11.5 Å². The van der Waals surface area contributed by atoms with Crippen LogP contribution in [0.1, 0.15) is 0 Å². The van der Waals surface area contributed by atoms with Gasteiger partial charge in [0.25, 0.3) is 0 Å². The number of hydrogen-bond donors (Lipinski definition) is 2. The number of para-hydroxylation sites is 1. The first-order valence-corrected chi connectivity index (χ1v) is 16.6. The molecule has 1 aliphatic rings. The molecule has 0 heterocycles. The summed E-state index contributed by atoms with van der Waals surface area (Å²) >= 11 is 0. The molecule has 0 unspecified atom stereocenters. The van der Waals surface area contributed by atoms with Gasteiger partial charge in [0.15, 0.2) is 0 Å². The van der Waals surface area contributed by atoms with Crippen LogP contribution in [0.2, 0.25) is 0 Å². The van der Waals surface area contributed by atoms with Crippen LogP contribution in [0.4, 0.5) is 11.4 Å². The van der Waals surface area contributed by atoms with E-state index in [-0.39, 0.29) is 0 Å². The van der Waals surface area contributed by atoms with E-state index < -0.39 is 0 Å². The Balaban J connectivity index is 1.29. The van der Waals surface area contributed by atoms with Crippen molar-refractivity contribution in [2.75, 3.05) is 4.90 Å². The highest BCUT2D eigenvalue weighted by Crippen LogP contribution is 2.58. The first-order valence-electron chi connectivity index (χ1n) is 16.6. The van der Waals surface area contributed by atoms with Crippen LogP contribution < -0.4 is 16.4 Å². The molecule has 4 N–H and O–H groups in total. The Labute approximate surface area is 286 Å². The topological polar surface area (TPSA) is 55.3 Å². The van der Waals surface area contributed by atoms with Crippen molar-refractivity contribution in [3.05, 3.63) is 182 Å². The number of rotatable bonds is 6. The number of nitrogens with two attached hydrogens (primary N) is 2. The molecule has 0 saturated heterocycles. The molecule has 9 rings (SSSR count). The minimum absolute atomic E-state index is 0.470. The molecular weight excluding hydrogens is 595 g/mol. The fourth-order valence-corrected chi connectivity index (χ4v) is 7.75. The predicted octanol–water partition coefficient (Wildman–Crippen LogP) is 11.5. The van der Waals surface area contributed by atoms with Crippen molar-refractivity contribution >= 4 is 32.9 Å². The summed E-state index contributed by atoms with van der Waals surface area (Å²) in [6.07, 6.45) is 1.44. The van der Waals surface area contributed by atoms with E-state index in [0.29, 0.717) is 5.82 Å². The van der Waals surface area contributed by atoms with Crippen molar-refractivity contribution in [2.24, 2.45) is 11.5 Å². The maximum Gasteiger partial charge on any atom is 0.124 e. The summed E-state index contributed by atoms with van der Waals surface area (Å²) in [5, 5.41) is 5.06. The van der Waals surface area contributed by atoms with Crippen molar-refractivity contribution in [1.82, 2.24) is 0 Å². The van der Waals surface area contributed by atoms with Gasteiger partial charge in [-0.3, -0.25) is 4.90 Å². The summed E-state index contributed by atoms with van der Waals surface area (Å²) in [6.45, 7) is 0. The summed E-state index contributed by atoms with van der Waals surface area (Å²) in [5.74, 6) is 0.470. The second-order valence-corrected chi connectivity index (χ2v) is 12.5. The molecule has 49 heavy (non-hydrogen) atoms. The molecule has 1 aliphatic carbocycles. The van der Waals surface area contributed by atoms with Gasteiger partial charge in [0.05, 0.1) is 0 Å². The molecule has 0 saturated carbocycles. The lowest BCUT2D eigenvalue weighted by atomic mass is 9.82. The molecule has 3 heteroatoms. The fraction of sp³-hybridized carbons (Fsp3) is 0. The van der Waals surface area contributed by atoms with Crippen LogP contribution in [0.5, 0.6) is 0 Å². The zero-order valence-electron chi connectivity index (χ0n) is 26.8. The standard InChI is InChI=1S/C46H33N3/c47-29-41(48)49(33-17-8-3-9-18-33)34-25-23-30(24-26-34)35-27-28-40-44-36(35)21-12-22-39(44)45-42(31-13-4-1-5-14-31)37-19-10-11-20-38(37)43(46(40)45)32-15-6-2-7-16-32/h1-29H,47-48H2/b41-29+. The first kappa shape index (κ1) is 28.6. The van der Waals surface area contributed by atoms with E-state index in [9.17, 15) is 0 Å². The number of anilines is 2. The van der Waals surface area contributed by atoms with Crippen molar-refractivity contribution in [3.63, 3.8) is 0 Å². The molecule has 0 radical (unpaired) electrons. The van der Waals surface area contributed by atoms with Gasteiger partial charge in [-0.05, 0) is 101 Å². The maximum atomic E-state index is 6.39. The third-order valence-corrected chi connectivity index (χ3v) is 9.80. The summed E-state index contributed by atoms with van der Waals surface area (Å²) in [4.78, 5) is 1.97. The van der Waals surface area contributed by atoms with Gasteiger partial charge in [0.2, 0.25) is 0 Å². The van der Waals surface area contributed by atoms with E-state index in [0.717, 1.165) is 16.9 Å². The molecule has 0 aromatic heterocycles. The predicted molar refractivity (Wildman–Crippen MR) is 207 cm³/mol. The molecule has 0 aliphatic heterocycles. The van der Waals surface area contributed by atoms with Crippen LogP contribution in [0.15, 0.2) is 182 Å². The van der Waals surface area contributed by atoms with Crippen LogP contribution in [-0.2, 0) is 0 Å². The van der Waals surface area contributed by atoms with Gasteiger partial charge in [-0.1, -0.05) is 146 Å². The average molecular weight is 628 g/mol. The number of fused-ring (bicyclic) bond motifs is 4. The third kappa shape index (κ3) is 4.51. The van der Waals surface area contributed by atoms with E-state index in [1.54, 1.807) is 0 Å². The second kappa shape index (κ2) is 11.6. The van der Waals surface area contributed by atoms with Crippen LogP contribution >= 0.6 is 0 Å². The molecule has 0 amide bonds. The molecule has 0 fully saturated rings. The Kier molecular flexibility index (Phi) is 6.77. The minimum atomic E-state index is 0.470. The highest BCUT2D eigenvalue weighted by Gasteiger charge is 2.31. The minimum Gasteiger partial charge on any atom is -0.402 e. The SMILES string of the molecule is N/C=C(\N)N(c1ccccc1)c1ccc(-c2ccc3c4c(cccc24)-c2c-3c(-c3ccccc3)c3ccccc3c2-c2ccccc2)cc1. The maximum absolute atomic E-state index is 6.39. The lowest BCUT2D eigenvalue weighted by Crippen LogP contribution is -2.23. The highest BCUT2D eigenvalue weighted by molar-refractivity contribution is 6.28. The van der Waals surface area contributed by atoms with Crippen LogP contribution in [0.3, 0.4) is 0 Å². The lowest BCUT2D eigenvalue weighted by Gasteiger charge is -2.25. The summed E-state index contributed by atoms with van der Waals surface area (Å²) in [6, 6.07) is 60.7. The molecular formula is C46H33N3. The van der Waals surface area contributed by atoms with Crippen molar-refractivity contribution < 1.29 is 0 Å². The zero-order chi connectivity index (χ0) is 32.9. The van der Waals surface area contributed by atoms with Gasteiger partial charge in [-0.25, -0.2) is 0 Å². The third-order valence-electron chi connectivity index (χ3n) is 9.80. The number of nitrogens with zero attached hydrogens (tertiary/aromatic N) is 1. The van der Waals surface area contributed by atoms with E-state index in [4.69, 9.17) is 11.5 Å². The van der Waals surface area contributed by atoms with E-state index in [1.165, 1.54) is 77.8 Å². The highest BCUT2D eigenvalue weighted by atomic mass is 15.2. The molecule has 0 bridgehead atoms. The normalized spacial score (nSPS) is 12.0. The van der Waals surface area contributed by atoms with Gasteiger partial charge in [0.1, 0.15) is 5.82 Å². The van der Waals surface area contributed by atoms with E-state index in [1.807, 2.05) is 35.2 Å². The first-order chi connectivity index (χ1) is 24.2. The van der Waals surface area contributed by atoms with Crippen molar-refractivity contribution in [2.45, 2.75) is 0 Å². The zero-order valence-corrected chi connectivity index (χ0v) is 26.8. The molecule has 0 atom stereocenters. The van der Waals surface area contributed by atoms with Crippen LogP contribution in [0, 0.1) is 0 Å². The summed E-state index contributed by atoms with van der Waals surface area (Å²) in [7, 11) is 0. The molecule has 0 spiro atoms.